The summed E-state index contributed by atoms with van der Waals surface area (Å²) in [5.74, 6) is 1.91. The second-order valence-electron chi connectivity index (χ2n) is 5.54. The number of thioether (sulfide) groups is 1. The molecule has 0 spiro atoms. The highest BCUT2D eigenvalue weighted by Gasteiger charge is 2.45. The summed E-state index contributed by atoms with van der Waals surface area (Å²) in [6.07, 6.45) is 4.18. The summed E-state index contributed by atoms with van der Waals surface area (Å²) < 4.78 is 5.27. The van der Waals surface area contributed by atoms with Crippen LogP contribution in [-0.4, -0.2) is 35.7 Å². The number of ether oxygens (including phenoxy) is 1. The molecule has 0 radical (unpaired) electrons. The fourth-order valence-electron chi connectivity index (χ4n) is 2.59. The Balaban J connectivity index is 2.54. The molecule has 1 saturated carbocycles. The van der Waals surface area contributed by atoms with Gasteiger partial charge in [0, 0.05) is 5.25 Å². The highest BCUT2D eigenvalue weighted by Crippen LogP contribution is 2.38. The first-order valence-corrected chi connectivity index (χ1v) is 8.66. The van der Waals surface area contributed by atoms with Crippen molar-refractivity contribution in [1.82, 2.24) is 5.32 Å². The summed E-state index contributed by atoms with van der Waals surface area (Å²) in [5.41, 5.74) is -0.419. The van der Waals surface area contributed by atoms with Crippen molar-refractivity contribution in [2.45, 2.75) is 64.2 Å². The first-order chi connectivity index (χ1) is 9.07. The second-order valence-corrected chi connectivity index (χ2v) is 6.88. The molecule has 0 saturated heterocycles. The third-order valence-electron chi connectivity index (χ3n) is 3.96. The lowest BCUT2D eigenvalue weighted by Crippen LogP contribution is -2.51. The molecule has 0 aromatic carbocycles. The normalized spacial score (nSPS) is 28.3. The van der Waals surface area contributed by atoms with Gasteiger partial charge in [-0.25, -0.2) is 0 Å². The van der Waals surface area contributed by atoms with Crippen molar-refractivity contribution in [1.29, 1.82) is 0 Å². The second kappa shape index (κ2) is 8.15. The summed E-state index contributed by atoms with van der Waals surface area (Å²) >= 11 is 2.03. The van der Waals surface area contributed by atoms with E-state index in [0.29, 0.717) is 11.9 Å². The third kappa shape index (κ3) is 4.67. The number of esters is 1. The van der Waals surface area contributed by atoms with Gasteiger partial charge in [-0.2, -0.15) is 11.8 Å². The van der Waals surface area contributed by atoms with Crippen molar-refractivity contribution in [3.8, 4) is 0 Å². The highest BCUT2D eigenvalue weighted by molar-refractivity contribution is 7.99. The molecule has 0 aliphatic heterocycles. The average Bonchev–Trinajstić information content (AvgIpc) is 2.81. The third-order valence-corrected chi connectivity index (χ3v) is 5.60. The molecule has 112 valence electrons. The van der Waals surface area contributed by atoms with E-state index in [1.807, 2.05) is 18.7 Å². The van der Waals surface area contributed by atoms with Crippen LogP contribution in [0.5, 0.6) is 0 Å². The average molecular weight is 287 g/mol. The van der Waals surface area contributed by atoms with Crippen LogP contribution in [0.2, 0.25) is 0 Å². The minimum Gasteiger partial charge on any atom is -0.465 e. The van der Waals surface area contributed by atoms with Gasteiger partial charge in [-0.1, -0.05) is 27.2 Å². The Morgan fingerprint density at radius 1 is 1.47 bits per heavy atom. The van der Waals surface area contributed by atoms with E-state index in [1.54, 1.807) is 0 Å². The number of carbonyl (C=O) groups is 1. The van der Waals surface area contributed by atoms with E-state index in [0.717, 1.165) is 31.7 Å². The van der Waals surface area contributed by atoms with Crippen molar-refractivity contribution in [2.75, 3.05) is 18.9 Å². The zero-order valence-electron chi connectivity index (χ0n) is 12.8. The van der Waals surface area contributed by atoms with Crippen LogP contribution in [0.3, 0.4) is 0 Å². The molecule has 0 aromatic heterocycles. The van der Waals surface area contributed by atoms with E-state index >= 15 is 0 Å². The van der Waals surface area contributed by atoms with E-state index in [2.05, 4.69) is 26.1 Å². The van der Waals surface area contributed by atoms with Crippen LogP contribution in [0.1, 0.15) is 53.4 Å². The van der Waals surface area contributed by atoms with Crippen LogP contribution in [0, 0.1) is 5.92 Å². The molecule has 1 aliphatic rings. The van der Waals surface area contributed by atoms with Crippen molar-refractivity contribution >= 4 is 17.7 Å². The molecule has 3 unspecified atom stereocenters. The summed E-state index contributed by atoms with van der Waals surface area (Å²) in [5, 5.41) is 3.98. The molecule has 3 atom stereocenters. The van der Waals surface area contributed by atoms with Gasteiger partial charge in [0.25, 0.3) is 0 Å². The Hall–Kier alpha value is -0.220. The molecule has 4 heteroatoms. The van der Waals surface area contributed by atoms with E-state index in [1.165, 1.54) is 12.2 Å². The van der Waals surface area contributed by atoms with Gasteiger partial charge in [0.15, 0.2) is 0 Å². The van der Waals surface area contributed by atoms with Crippen molar-refractivity contribution in [3.63, 3.8) is 0 Å². The zero-order chi connectivity index (χ0) is 14.3. The number of carbonyl (C=O) groups excluding carboxylic acids is 1. The fourth-order valence-corrected chi connectivity index (χ4v) is 4.11. The largest absolute Gasteiger partial charge is 0.465 e. The quantitative estimate of drug-likeness (QED) is 0.696. The predicted octanol–water partition coefficient (Wildman–Crippen LogP) is 3.23. The van der Waals surface area contributed by atoms with Crippen molar-refractivity contribution in [3.05, 3.63) is 0 Å². The Morgan fingerprint density at radius 3 is 2.79 bits per heavy atom. The summed E-state index contributed by atoms with van der Waals surface area (Å²) in [4.78, 5) is 12.2. The first kappa shape index (κ1) is 16.8. The van der Waals surface area contributed by atoms with E-state index in [-0.39, 0.29) is 5.97 Å². The van der Waals surface area contributed by atoms with E-state index < -0.39 is 5.54 Å². The van der Waals surface area contributed by atoms with Gasteiger partial charge >= 0.3 is 5.97 Å². The van der Waals surface area contributed by atoms with Crippen LogP contribution in [0.25, 0.3) is 0 Å². The van der Waals surface area contributed by atoms with Crippen molar-refractivity contribution in [2.24, 2.45) is 5.92 Å². The van der Waals surface area contributed by atoms with Crippen LogP contribution < -0.4 is 5.32 Å². The Labute approximate surface area is 122 Å². The first-order valence-electron chi connectivity index (χ1n) is 7.61. The van der Waals surface area contributed by atoms with Gasteiger partial charge in [0.05, 0.1) is 6.61 Å². The van der Waals surface area contributed by atoms with E-state index in [9.17, 15) is 4.79 Å². The van der Waals surface area contributed by atoms with Crippen LogP contribution in [-0.2, 0) is 9.53 Å². The SMILES string of the molecule is CCNC1(C(=O)OCC)CCC(SCC(C)CC)C1. The zero-order valence-corrected chi connectivity index (χ0v) is 13.6. The van der Waals surface area contributed by atoms with Gasteiger partial charge in [0.1, 0.15) is 5.54 Å². The highest BCUT2D eigenvalue weighted by atomic mass is 32.2. The smallest absolute Gasteiger partial charge is 0.326 e. The molecule has 1 N–H and O–H groups in total. The van der Waals surface area contributed by atoms with Gasteiger partial charge in [-0.15, -0.1) is 0 Å². The maximum atomic E-state index is 12.2. The van der Waals surface area contributed by atoms with Crippen LogP contribution in [0.15, 0.2) is 0 Å². The predicted molar refractivity (Wildman–Crippen MR) is 82.6 cm³/mol. The van der Waals surface area contributed by atoms with Gasteiger partial charge in [-0.3, -0.25) is 4.79 Å². The molecule has 0 heterocycles. The number of nitrogens with one attached hydrogen (secondary N) is 1. The molecule has 19 heavy (non-hydrogen) atoms. The number of likely N-dealkylation sites (N-methyl/N-ethyl adjacent to an activating group) is 1. The van der Waals surface area contributed by atoms with Crippen molar-refractivity contribution < 1.29 is 9.53 Å². The summed E-state index contributed by atoms with van der Waals surface area (Å²) in [7, 11) is 0. The molecule has 0 amide bonds. The molecule has 1 fully saturated rings. The lowest BCUT2D eigenvalue weighted by atomic mass is 9.98. The molecule has 0 aromatic rings. The molecule has 3 nitrogen and oxygen atoms in total. The molecule has 0 bridgehead atoms. The topological polar surface area (TPSA) is 38.3 Å². The number of hydrogen-bond acceptors (Lipinski definition) is 4. The van der Waals surface area contributed by atoms with Crippen LogP contribution in [0.4, 0.5) is 0 Å². The standard InChI is InChI=1S/C15H29NO2S/c1-5-12(4)11-19-13-8-9-15(10-13,16-6-2)14(17)18-7-3/h12-13,16H,5-11H2,1-4H3. The Morgan fingerprint density at radius 2 is 2.21 bits per heavy atom. The maximum absolute atomic E-state index is 12.2. The Bertz CT molecular complexity index is 285. The number of rotatable bonds is 8. The molecule has 1 rings (SSSR count). The van der Waals surface area contributed by atoms with Gasteiger partial charge in [0.2, 0.25) is 0 Å². The van der Waals surface area contributed by atoms with Crippen LogP contribution >= 0.6 is 11.8 Å². The number of hydrogen-bond donors (Lipinski definition) is 1. The van der Waals surface area contributed by atoms with Gasteiger partial charge in [-0.05, 0) is 44.4 Å². The van der Waals surface area contributed by atoms with E-state index in [4.69, 9.17) is 4.74 Å². The van der Waals surface area contributed by atoms with Gasteiger partial charge < -0.3 is 10.1 Å². The summed E-state index contributed by atoms with van der Waals surface area (Å²) in [6.45, 7) is 9.76. The fraction of sp³-hybridized carbons (Fsp3) is 0.933. The maximum Gasteiger partial charge on any atom is 0.326 e. The summed E-state index contributed by atoms with van der Waals surface area (Å²) in [6, 6.07) is 0. The molecular formula is C15H29NO2S. The Kier molecular flexibility index (Phi) is 7.22. The minimum absolute atomic E-state index is 0.0523. The monoisotopic (exact) mass is 287 g/mol. The minimum atomic E-state index is -0.419. The molecule has 1 aliphatic carbocycles. The molecular weight excluding hydrogens is 258 g/mol. The lowest BCUT2D eigenvalue weighted by molar-refractivity contribution is -0.151. The lowest BCUT2D eigenvalue weighted by Gasteiger charge is -2.27.